The first-order chi connectivity index (χ1) is 10.1. The highest BCUT2D eigenvalue weighted by molar-refractivity contribution is 5.78. The van der Waals surface area contributed by atoms with Gasteiger partial charge in [0.1, 0.15) is 12.4 Å². The smallest absolute Gasteiger partial charge is 0.238 e. The van der Waals surface area contributed by atoms with E-state index in [-0.39, 0.29) is 12.3 Å². The SMILES string of the molecule is Cc1cccc(OCc2ccccc2CC(=O)NN)c1C. The molecule has 0 unspecified atom stereocenters. The normalized spacial score (nSPS) is 10.2. The molecular formula is C17H20N2O2. The summed E-state index contributed by atoms with van der Waals surface area (Å²) in [6, 6.07) is 13.7. The summed E-state index contributed by atoms with van der Waals surface area (Å²) in [7, 11) is 0. The number of amides is 1. The molecule has 0 aromatic heterocycles. The molecule has 110 valence electrons. The van der Waals surface area contributed by atoms with Crippen LogP contribution in [0.15, 0.2) is 42.5 Å². The summed E-state index contributed by atoms with van der Waals surface area (Å²) >= 11 is 0. The van der Waals surface area contributed by atoms with E-state index in [1.54, 1.807) is 0 Å². The molecule has 21 heavy (non-hydrogen) atoms. The molecule has 4 nitrogen and oxygen atoms in total. The van der Waals surface area contributed by atoms with Crippen molar-refractivity contribution in [1.82, 2.24) is 5.43 Å². The minimum Gasteiger partial charge on any atom is -0.489 e. The van der Waals surface area contributed by atoms with Crippen molar-refractivity contribution in [3.05, 3.63) is 64.7 Å². The van der Waals surface area contributed by atoms with Gasteiger partial charge in [0.15, 0.2) is 0 Å². The third-order valence-electron chi connectivity index (χ3n) is 3.57. The van der Waals surface area contributed by atoms with Gasteiger partial charge in [0.25, 0.3) is 0 Å². The average molecular weight is 284 g/mol. The van der Waals surface area contributed by atoms with Gasteiger partial charge in [-0.15, -0.1) is 0 Å². The van der Waals surface area contributed by atoms with Crippen LogP contribution in [0.3, 0.4) is 0 Å². The third kappa shape index (κ3) is 3.83. The van der Waals surface area contributed by atoms with Gasteiger partial charge in [-0.1, -0.05) is 36.4 Å². The van der Waals surface area contributed by atoms with E-state index >= 15 is 0 Å². The lowest BCUT2D eigenvalue weighted by atomic mass is 10.0. The van der Waals surface area contributed by atoms with Crippen molar-refractivity contribution in [1.29, 1.82) is 0 Å². The molecule has 0 radical (unpaired) electrons. The molecule has 0 aliphatic carbocycles. The number of hydrogen-bond donors (Lipinski definition) is 2. The zero-order valence-corrected chi connectivity index (χ0v) is 12.3. The fourth-order valence-electron chi connectivity index (χ4n) is 2.13. The minimum absolute atomic E-state index is 0.214. The van der Waals surface area contributed by atoms with Gasteiger partial charge in [-0.05, 0) is 42.2 Å². The van der Waals surface area contributed by atoms with Crippen molar-refractivity contribution in [2.45, 2.75) is 26.9 Å². The van der Waals surface area contributed by atoms with Gasteiger partial charge in [-0.25, -0.2) is 5.84 Å². The van der Waals surface area contributed by atoms with Gasteiger partial charge >= 0.3 is 0 Å². The molecule has 0 fully saturated rings. The summed E-state index contributed by atoms with van der Waals surface area (Å²) in [5, 5.41) is 0. The van der Waals surface area contributed by atoms with Crippen molar-refractivity contribution in [2.24, 2.45) is 5.84 Å². The quantitative estimate of drug-likeness (QED) is 0.503. The van der Waals surface area contributed by atoms with E-state index < -0.39 is 0 Å². The summed E-state index contributed by atoms with van der Waals surface area (Å²) in [6.45, 7) is 4.53. The molecule has 0 bridgehead atoms. The summed E-state index contributed by atoms with van der Waals surface area (Å²) in [4.78, 5) is 11.4. The van der Waals surface area contributed by atoms with Crippen LogP contribution in [0.2, 0.25) is 0 Å². The van der Waals surface area contributed by atoms with Crippen LogP contribution in [0.1, 0.15) is 22.3 Å². The number of hydrazine groups is 1. The fourth-order valence-corrected chi connectivity index (χ4v) is 2.13. The third-order valence-corrected chi connectivity index (χ3v) is 3.57. The Kier molecular flexibility index (Phi) is 4.95. The predicted octanol–water partition coefficient (Wildman–Crippen LogP) is 2.41. The maximum atomic E-state index is 11.4. The Hall–Kier alpha value is -2.33. The number of rotatable bonds is 5. The summed E-state index contributed by atoms with van der Waals surface area (Å²) in [6.07, 6.45) is 0.253. The summed E-state index contributed by atoms with van der Waals surface area (Å²) < 4.78 is 5.90. The van der Waals surface area contributed by atoms with Crippen LogP contribution < -0.4 is 16.0 Å². The van der Waals surface area contributed by atoms with Crippen molar-refractivity contribution in [2.75, 3.05) is 0 Å². The van der Waals surface area contributed by atoms with E-state index in [0.29, 0.717) is 6.61 Å². The van der Waals surface area contributed by atoms with Crippen LogP contribution >= 0.6 is 0 Å². The van der Waals surface area contributed by atoms with E-state index in [0.717, 1.165) is 22.4 Å². The average Bonchev–Trinajstić information content (AvgIpc) is 2.50. The zero-order valence-electron chi connectivity index (χ0n) is 12.3. The van der Waals surface area contributed by atoms with E-state index in [4.69, 9.17) is 10.6 Å². The molecule has 0 atom stereocenters. The van der Waals surface area contributed by atoms with Crippen molar-refractivity contribution in [3.63, 3.8) is 0 Å². The minimum atomic E-state index is -0.214. The maximum Gasteiger partial charge on any atom is 0.238 e. The van der Waals surface area contributed by atoms with Gasteiger partial charge in [0, 0.05) is 0 Å². The van der Waals surface area contributed by atoms with Gasteiger partial charge in [0.05, 0.1) is 6.42 Å². The lowest BCUT2D eigenvalue weighted by Gasteiger charge is -2.13. The monoisotopic (exact) mass is 284 g/mol. The number of aryl methyl sites for hydroxylation is 1. The molecule has 0 aliphatic rings. The van der Waals surface area contributed by atoms with Crippen LogP contribution in [0.4, 0.5) is 0 Å². The summed E-state index contributed by atoms with van der Waals surface area (Å²) in [5.41, 5.74) is 6.39. The first-order valence-electron chi connectivity index (χ1n) is 6.87. The van der Waals surface area contributed by atoms with E-state index in [9.17, 15) is 4.79 Å². The standard InChI is InChI=1S/C17H20N2O2/c1-12-6-5-9-16(13(12)2)21-11-15-8-4-3-7-14(15)10-17(20)19-18/h3-9H,10-11,18H2,1-2H3,(H,19,20). The molecule has 1 amide bonds. The van der Waals surface area contributed by atoms with Crippen LogP contribution in [-0.2, 0) is 17.8 Å². The largest absolute Gasteiger partial charge is 0.489 e. The van der Waals surface area contributed by atoms with Gasteiger partial charge in [0.2, 0.25) is 5.91 Å². The topological polar surface area (TPSA) is 64.3 Å². The number of carbonyl (C=O) groups excluding carboxylic acids is 1. The molecule has 2 rings (SSSR count). The molecule has 4 heteroatoms. The summed E-state index contributed by atoms with van der Waals surface area (Å²) in [5.74, 6) is 5.80. The molecule has 2 aromatic carbocycles. The van der Waals surface area contributed by atoms with E-state index in [1.807, 2.05) is 43.3 Å². The lowest BCUT2D eigenvalue weighted by Crippen LogP contribution is -2.31. The second kappa shape index (κ2) is 6.90. The number of nitrogens with two attached hydrogens (primary N) is 1. The Balaban J connectivity index is 2.13. The van der Waals surface area contributed by atoms with Gasteiger partial charge in [-0.3, -0.25) is 10.2 Å². The van der Waals surface area contributed by atoms with Crippen molar-refractivity contribution >= 4 is 5.91 Å². The lowest BCUT2D eigenvalue weighted by molar-refractivity contribution is -0.120. The van der Waals surface area contributed by atoms with Gasteiger partial charge in [-0.2, -0.15) is 0 Å². The first kappa shape index (κ1) is 15.1. The number of ether oxygens (including phenoxy) is 1. The molecular weight excluding hydrogens is 264 g/mol. The molecule has 0 aliphatic heterocycles. The molecule has 0 saturated carbocycles. The molecule has 3 N–H and O–H groups in total. The Morgan fingerprint density at radius 3 is 2.52 bits per heavy atom. The Morgan fingerprint density at radius 2 is 1.81 bits per heavy atom. The number of carbonyl (C=O) groups is 1. The van der Waals surface area contributed by atoms with E-state index in [2.05, 4.69) is 18.4 Å². The van der Waals surface area contributed by atoms with Crippen LogP contribution in [-0.4, -0.2) is 5.91 Å². The van der Waals surface area contributed by atoms with Crippen LogP contribution in [0.25, 0.3) is 0 Å². The number of benzene rings is 2. The highest BCUT2D eigenvalue weighted by Crippen LogP contribution is 2.22. The number of hydrogen-bond acceptors (Lipinski definition) is 3. The van der Waals surface area contributed by atoms with Crippen LogP contribution in [0, 0.1) is 13.8 Å². The van der Waals surface area contributed by atoms with Crippen molar-refractivity contribution < 1.29 is 9.53 Å². The molecule has 0 saturated heterocycles. The zero-order chi connectivity index (χ0) is 15.2. The first-order valence-corrected chi connectivity index (χ1v) is 6.87. The van der Waals surface area contributed by atoms with E-state index in [1.165, 1.54) is 5.56 Å². The van der Waals surface area contributed by atoms with Gasteiger partial charge < -0.3 is 4.74 Å². The molecule has 2 aromatic rings. The fraction of sp³-hybridized carbons (Fsp3) is 0.235. The molecule has 0 spiro atoms. The maximum absolute atomic E-state index is 11.4. The highest BCUT2D eigenvalue weighted by Gasteiger charge is 2.08. The second-order valence-electron chi connectivity index (χ2n) is 5.00. The highest BCUT2D eigenvalue weighted by atomic mass is 16.5. The molecule has 0 heterocycles. The van der Waals surface area contributed by atoms with Crippen LogP contribution in [0.5, 0.6) is 5.75 Å². The Bertz CT molecular complexity index is 638. The Labute approximate surface area is 124 Å². The second-order valence-corrected chi connectivity index (χ2v) is 5.00. The number of nitrogens with one attached hydrogen (secondary N) is 1. The predicted molar refractivity (Wildman–Crippen MR) is 82.7 cm³/mol. The Morgan fingerprint density at radius 1 is 1.10 bits per heavy atom. The van der Waals surface area contributed by atoms with Crippen molar-refractivity contribution in [3.8, 4) is 5.75 Å².